The summed E-state index contributed by atoms with van der Waals surface area (Å²) in [5.74, 6) is 1.13. The first-order valence-corrected chi connectivity index (χ1v) is 6.09. The number of furan rings is 1. The number of nitrogens with one attached hydrogen (secondary N) is 1. The molecule has 0 bridgehead atoms. The van der Waals surface area contributed by atoms with Crippen LogP contribution < -0.4 is 10.1 Å². The first-order chi connectivity index (χ1) is 9.24. The molecule has 0 aliphatic heterocycles. The molecule has 19 heavy (non-hydrogen) atoms. The van der Waals surface area contributed by atoms with Crippen molar-refractivity contribution in [1.29, 1.82) is 0 Å². The molecule has 1 unspecified atom stereocenters. The zero-order valence-corrected chi connectivity index (χ0v) is 11.1. The van der Waals surface area contributed by atoms with Crippen LogP contribution in [0, 0.1) is 0 Å². The Balaban J connectivity index is 2.21. The molecule has 0 aliphatic rings. The summed E-state index contributed by atoms with van der Waals surface area (Å²) in [7, 11) is 1.48. The fraction of sp³-hybridized carbons (Fsp3) is 0.333. The van der Waals surface area contributed by atoms with Crippen LogP contribution in [0.2, 0.25) is 5.02 Å². The number of ether oxygens (including phenoxy) is 1. The van der Waals surface area contributed by atoms with Crippen molar-refractivity contribution >= 4 is 17.4 Å². The van der Waals surface area contributed by atoms with E-state index in [9.17, 15) is 0 Å². The summed E-state index contributed by atoms with van der Waals surface area (Å²) in [6.45, 7) is 0.0121. The molecule has 0 saturated carbocycles. The van der Waals surface area contributed by atoms with E-state index in [2.05, 4.69) is 15.3 Å². The van der Waals surface area contributed by atoms with E-state index in [1.54, 1.807) is 12.3 Å². The summed E-state index contributed by atoms with van der Waals surface area (Å²) in [6, 6.07) is 3.59. The van der Waals surface area contributed by atoms with Gasteiger partial charge in [0, 0.05) is 6.61 Å². The van der Waals surface area contributed by atoms with E-state index >= 15 is 0 Å². The number of anilines is 1. The van der Waals surface area contributed by atoms with Gasteiger partial charge in [-0.2, -0.15) is 4.98 Å². The van der Waals surface area contributed by atoms with Crippen LogP contribution in [-0.4, -0.2) is 28.8 Å². The second-order valence-electron chi connectivity index (χ2n) is 3.78. The molecule has 1 atom stereocenters. The largest absolute Gasteiger partial charge is 0.467 e. The Hall–Kier alpha value is -1.79. The van der Waals surface area contributed by atoms with Crippen LogP contribution in [0.3, 0.4) is 0 Å². The van der Waals surface area contributed by atoms with Gasteiger partial charge in [-0.05, 0) is 18.6 Å². The van der Waals surface area contributed by atoms with Crippen molar-refractivity contribution in [1.82, 2.24) is 9.97 Å². The van der Waals surface area contributed by atoms with Gasteiger partial charge in [-0.15, -0.1) is 0 Å². The van der Waals surface area contributed by atoms with Gasteiger partial charge in [-0.1, -0.05) is 11.6 Å². The van der Waals surface area contributed by atoms with Gasteiger partial charge < -0.3 is 19.6 Å². The minimum Gasteiger partial charge on any atom is -0.467 e. The standard InChI is InChI=1S/C12H14ClN3O3/c1-18-12-14-7-8(13)11(16-12)15-9(4-5-17)10-3-2-6-19-10/h2-3,6-7,9,17H,4-5H2,1H3,(H,14,15,16). The average molecular weight is 284 g/mol. The molecular formula is C12H14ClN3O3. The van der Waals surface area contributed by atoms with Crippen molar-refractivity contribution in [3.8, 4) is 6.01 Å². The zero-order valence-electron chi connectivity index (χ0n) is 10.3. The smallest absolute Gasteiger partial charge is 0.318 e. The van der Waals surface area contributed by atoms with Crippen LogP contribution in [0.1, 0.15) is 18.2 Å². The third-order valence-corrected chi connectivity index (χ3v) is 2.80. The summed E-state index contributed by atoms with van der Waals surface area (Å²) < 4.78 is 10.3. The molecule has 0 aromatic carbocycles. The van der Waals surface area contributed by atoms with Crippen molar-refractivity contribution in [2.45, 2.75) is 12.5 Å². The molecule has 0 aliphatic carbocycles. The lowest BCUT2D eigenvalue weighted by Gasteiger charge is -2.17. The molecule has 0 fully saturated rings. The predicted octanol–water partition coefficient (Wildman–Crippen LogP) is 2.27. The van der Waals surface area contributed by atoms with Crippen molar-refractivity contribution in [3.05, 3.63) is 35.4 Å². The number of aliphatic hydroxyl groups excluding tert-OH is 1. The van der Waals surface area contributed by atoms with Gasteiger partial charge in [0.1, 0.15) is 10.8 Å². The van der Waals surface area contributed by atoms with Crippen LogP contribution in [0.4, 0.5) is 5.82 Å². The van der Waals surface area contributed by atoms with Crippen molar-refractivity contribution < 1.29 is 14.3 Å². The number of hydrogen-bond donors (Lipinski definition) is 2. The maximum absolute atomic E-state index is 9.11. The van der Waals surface area contributed by atoms with E-state index in [1.807, 2.05) is 6.07 Å². The lowest BCUT2D eigenvalue weighted by Crippen LogP contribution is -2.13. The lowest BCUT2D eigenvalue weighted by atomic mass is 10.1. The van der Waals surface area contributed by atoms with Gasteiger partial charge in [0.15, 0.2) is 5.82 Å². The number of methoxy groups -OCH3 is 1. The minimum absolute atomic E-state index is 0.0121. The maximum atomic E-state index is 9.11. The Labute approximate surface area is 115 Å². The third kappa shape index (κ3) is 3.36. The number of halogens is 1. The molecule has 0 saturated heterocycles. The number of aliphatic hydroxyl groups is 1. The Morgan fingerprint density at radius 1 is 1.58 bits per heavy atom. The van der Waals surface area contributed by atoms with E-state index in [-0.39, 0.29) is 18.7 Å². The Kier molecular flexibility index (Phi) is 4.59. The molecule has 102 valence electrons. The predicted molar refractivity (Wildman–Crippen MR) is 70.4 cm³/mol. The van der Waals surface area contributed by atoms with Crippen molar-refractivity contribution in [3.63, 3.8) is 0 Å². The van der Waals surface area contributed by atoms with E-state index in [0.29, 0.717) is 23.0 Å². The van der Waals surface area contributed by atoms with Gasteiger partial charge in [0.25, 0.3) is 0 Å². The van der Waals surface area contributed by atoms with Gasteiger partial charge in [0.05, 0.1) is 25.6 Å². The SMILES string of the molecule is COc1ncc(Cl)c(NC(CCO)c2ccco2)n1. The van der Waals surface area contributed by atoms with Crippen LogP contribution in [0.15, 0.2) is 29.0 Å². The van der Waals surface area contributed by atoms with E-state index in [4.69, 9.17) is 25.9 Å². The molecule has 0 amide bonds. The highest BCUT2D eigenvalue weighted by atomic mass is 35.5. The fourth-order valence-corrected chi connectivity index (χ4v) is 1.77. The Bertz CT molecular complexity index is 519. The van der Waals surface area contributed by atoms with Crippen LogP contribution >= 0.6 is 11.6 Å². The summed E-state index contributed by atoms with van der Waals surface area (Å²) in [6.07, 6.45) is 3.49. The number of hydrogen-bond acceptors (Lipinski definition) is 6. The molecule has 2 heterocycles. The summed E-state index contributed by atoms with van der Waals surface area (Å²) >= 11 is 6.02. The average Bonchev–Trinajstić information content (AvgIpc) is 2.94. The fourth-order valence-electron chi connectivity index (χ4n) is 1.62. The van der Waals surface area contributed by atoms with Gasteiger partial charge in [0.2, 0.25) is 0 Å². The minimum atomic E-state index is -0.225. The number of nitrogens with zero attached hydrogens (tertiary/aromatic N) is 2. The van der Waals surface area contributed by atoms with Gasteiger partial charge >= 0.3 is 6.01 Å². The topological polar surface area (TPSA) is 80.4 Å². The van der Waals surface area contributed by atoms with Crippen molar-refractivity contribution in [2.75, 3.05) is 19.0 Å². The quantitative estimate of drug-likeness (QED) is 0.846. The zero-order chi connectivity index (χ0) is 13.7. The number of rotatable bonds is 6. The molecular weight excluding hydrogens is 270 g/mol. The van der Waals surface area contributed by atoms with Gasteiger partial charge in [-0.3, -0.25) is 0 Å². The summed E-state index contributed by atoms with van der Waals surface area (Å²) in [5, 5.41) is 12.6. The monoisotopic (exact) mass is 283 g/mol. The number of aromatic nitrogens is 2. The van der Waals surface area contributed by atoms with Crippen molar-refractivity contribution in [2.24, 2.45) is 0 Å². The van der Waals surface area contributed by atoms with Gasteiger partial charge in [-0.25, -0.2) is 4.98 Å². The third-order valence-electron chi connectivity index (χ3n) is 2.52. The highest BCUT2D eigenvalue weighted by Crippen LogP contribution is 2.27. The second-order valence-corrected chi connectivity index (χ2v) is 4.19. The van der Waals surface area contributed by atoms with E-state index in [1.165, 1.54) is 13.3 Å². The molecule has 0 spiro atoms. The molecule has 6 nitrogen and oxygen atoms in total. The van der Waals surface area contributed by atoms with Crippen LogP contribution in [0.5, 0.6) is 6.01 Å². The molecule has 0 radical (unpaired) electrons. The highest BCUT2D eigenvalue weighted by Gasteiger charge is 2.16. The first kappa shape index (κ1) is 13.6. The molecule has 2 N–H and O–H groups in total. The van der Waals surface area contributed by atoms with E-state index in [0.717, 1.165) is 0 Å². The summed E-state index contributed by atoms with van der Waals surface area (Å²) in [5.41, 5.74) is 0. The molecule has 2 rings (SSSR count). The van der Waals surface area contributed by atoms with Crippen LogP contribution in [0.25, 0.3) is 0 Å². The second kappa shape index (κ2) is 6.40. The molecule has 2 aromatic rings. The Morgan fingerprint density at radius 3 is 3.05 bits per heavy atom. The Morgan fingerprint density at radius 2 is 2.42 bits per heavy atom. The molecule has 2 aromatic heterocycles. The first-order valence-electron chi connectivity index (χ1n) is 5.72. The highest BCUT2D eigenvalue weighted by molar-refractivity contribution is 6.32. The lowest BCUT2D eigenvalue weighted by molar-refractivity contribution is 0.273. The van der Waals surface area contributed by atoms with E-state index < -0.39 is 0 Å². The maximum Gasteiger partial charge on any atom is 0.318 e. The van der Waals surface area contributed by atoms with Crippen LogP contribution in [-0.2, 0) is 0 Å². The molecule has 7 heteroatoms. The normalized spacial score (nSPS) is 12.2. The summed E-state index contributed by atoms with van der Waals surface area (Å²) in [4.78, 5) is 8.02.